The minimum Gasteiger partial charge on any atom is -0.497 e. The fourth-order valence-corrected chi connectivity index (χ4v) is 3.62. The van der Waals surface area contributed by atoms with E-state index in [1.165, 1.54) is 0 Å². The van der Waals surface area contributed by atoms with Gasteiger partial charge in [-0.3, -0.25) is 9.59 Å². The van der Waals surface area contributed by atoms with Crippen LogP contribution in [0.2, 0.25) is 0 Å². The highest BCUT2D eigenvalue weighted by molar-refractivity contribution is 5.81. The Morgan fingerprint density at radius 1 is 0.786 bits per heavy atom. The van der Waals surface area contributed by atoms with Crippen LogP contribution in [0, 0.1) is 11.8 Å². The van der Waals surface area contributed by atoms with Crippen LogP contribution in [-0.4, -0.2) is 18.9 Å². The van der Waals surface area contributed by atoms with Crippen LogP contribution in [0.4, 0.5) is 0 Å². The van der Waals surface area contributed by atoms with Crippen LogP contribution in [0.25, 0.3) is 0 Å². The Morgan fingerprint density at radius 2 is 1.25 bits per heavy atom. The number of carbonyl (C=O) groups excluding carboxylic acids is 2. The lowest BCUT2D eigenvalue weighted by atomic mass is 9.81. The van der Waals surface area contributed by atoms with E-state index in [0.29, 0.717) is 13.1 Å². The highest BCUT2D eigenvalue weighted by atomic mass is 16.5. The standard InChI is InChI=1S/C23H28N2O3/c1-28-21-13-7-18(8-14-21)16-25-23(27)20-11-9-19(10-12-20)22(26)24-15-17-5-3-2-4-6-17/h2-8,13-14,19-20H,9-12,15-16H2,1H3,(H,24,26)(H,25,27). The molecule has 1 fully saturated rings. The molecule has 5 heteroatoms. The van der Waals surface area contributed by atoms with Crippen LogP contribution in [0.15, 0.2) is 54.6 Å². The third-order valence-electron chi connectivity index (χ3n) is 5.40. The quantitative estimate of drug-likeness (QED) is 0.773. The molecule has 2 aromatic carbocycles. The maximum absolute atomic E-state index is 12.4. The second-order valence-corrected chi connectivity index (χ2v) is 7.32. The van der Waals surface area contributed by atoms with Crippen LogP contribution in [-0.2, 0) is 22.7 Å². The van der Waals surface area contributed by atoms with Crippen molar-refractivity contribution in [3.8, 4) is 5.75 Å². The van der Waals surface area contributed by atoms with Crippen molar-refractivity contribution in [1.29, 1.82) is 0 Å². The first-order valence-corrected chi connectivity index (χ1v) is 9.88. The van der Waals surface area contributed by atoms with Gasteiger partial charge in [0.05, 0.1) is 7.11 Å². The highest BCUT2D eigenvalue weighted by Gasteiger charge is 2.29. The summed E-state index contributed by atoms with van der Waals surface area (Å²) in [5.74, 6) is 0.990. The number of rotatable bonds is 7. The molecule has 28 heavy (non-hydrogen) atoms. The van der Waals surface area contributed by atoms with E-state index in [1.807, 2.05) is 54.6 Å². The largest absolute Gasteiger partial charge is 0.497 e. The number of hydrogen-bond acceptors (Lipinski definition) is 3. The Balaban J connectivity index is 1.38. The lowest BCUT2D eigenvalue weighted by Gasteiger charge is -2.27. The summed E-state index contributed by atoms with van der Waals surface area (Å²) in [6, 6.07) is 17.6. The number of methoxy groups -OCH3 is 1. The second kappa shape index (κ2) is 9.93. The molecule has 0 heterocycles. The molecule has 0 bridgehead atoms. The summed E-state index contributed by atoms with van der Waals surface area (Å²) in [6.45, 7) is 1.07. The predicted molar refractivity (Wildman–Crippen MR) is 109 cm³/mol. The molecular weight excluding hydrogens is 352 g/mol. The number of nitrogens with one attached hydrogen (secondary N) is 2. The van der Waals surface area contributed by atoms with Crippen molar-refractivity contribution in [3.63, 3.8) is 0 Å². The zero-order valence-electron chi connectivity index (χ0n) is 16.3. The smallest absolute Gasteiger partial charge is 0.223 e. The van der Waals surface area contributed by atoms with Crippen molar-refractivity contribution in [2.24, 2.45) is 11.8 Å². The molecule has 0 radical (unpaired) electrons. The first kappa shape index (κ1) is 19.9. The third-order valence-corrected chi connectivity index (χ3v) is 5.40. The maximum Gasteiger partial charge on any atom is 0.223 e. The van der Waals surface area contributed by atoms with Gasteiger partial charge >= 0.3 is 0 Å². The lowest BCUT2D eigenvalue weighted by Crippen LogP contribution is -2.37. The summed E-state index contributed by atoms with van der Waals surface area (Å²) in [5, 5.41) is 6.04. The normalized spacial score (nSPS) is 18.9. The fraction of sp³-hybridized carbons (Fsp3) is 0.391. The van der Waals surface area contributed by atoms with Crippen molar-refractivity contribution in [1.82, 2.24) is 10.6 Å². The van der Waals surface area contributed by atoms with Crippen LogP contribution in [0.1, 0.15) is 36.8 Å². The van der Waals surface area contributed by atoms with Gasteiger partial charge in [0, 0.05) is 24.9 Å². The topological polar surface area (TPSA) is 67.4 Å². The van der Waals surface area contributed by atoms with E-state index >= 15 is 0 Å². The molecule has 148 valence electrons. The van der Waals surface area contributed by atoms with Gasteiger partial charge < -0.3 is 15.4 Å². The predicted octanol–water partition coefficient (Wildman–Crippen LogP) is 3.43. The van der Waals surface area contributed by atoms with Crippen LogP contribution < -0.4 is 15.4 Å². The molecule has 0 unspecified atom stereocenters. The first-order valence-electron chi connectivity index (χ1n) is 9.88. The second-order valence-electron chi connectivity index (χ2n) is 7.32. The van der Waals surface area contributed by atoms with E-state index in [4.69, 9.17) is 4.74 Å². The monoisotopic (exact) mass is 380 g/mol. The Labute approximate surface area is 166 Å². The summed E-state index contributed by atoms with van der Waals surface area (Å²) in [6.07, 6.45) is 3.05. The maximum atomic E-state index is 12.4. The van der Waals surface area contributed by atoms with Crippen molar-refractivity contribution in [3.05, 3.63) is 65.7 Å². The van der Waals surface area contributed by atoms with E-state index in [2.05, 4.69) is 10.6 Å². The molecular formula is C23H28N2O3. The molecule has 0 saturated heterocycles. The van der Waals surface area contributed by atoms with Gasteiger partial charge in [0.15, 0.2) is 0 Å². The minimum absolute atomic E-state index is 0.00331. The molecule has 1 saturated carbocycles. The van der Waals surface area contributed by atoms with E-state index in [1.54, 1.807) is 7.11 Å². The fourth-order valence-electron chi connectivity index (χ4n) is 3.62. The molecule has 0 spiro atoms. The van der Waals surface area contributed by atoms with Crippen LogP contribution in [0.3, 0.4) is 0 Å². The molecule has 1 aliphatic carbocycles. The Hall–Kier alpha value is -2.82. The zero-order chi connectivity index (χ0) is 19.8. The van der Waals surface area contributed by atoms with Gasteiger partial charge in [0.2, 0.25) is 11.8 Å². The highest BCUT2D eigenvalue weighted by Crippen LogP contribution is 2.29. The summed E-state index contributed by atoms with van der Waals surface area (Å²) >= 11 is 0. The van der Waals surface area contributed by atoms with Crippen LogP contribution >= 0.6 is 0 Å². The number of carbonyl (C=O) groups is 2. The SMILES string of the molecule is COc1ccc(CNC(=O)C2CCC(C(=O)NCc3ccccc3)CC2)cc1. The van der Waals surface area contributed by atoms with E-state index in [-0.39, 0.29) is 23.7 Å². The number of benzene rings is 2. The van der Waals surface area contributed by atoms with Crippen molar-refractivity contribution < 1.29 is 14.3 Å². The van der Waals surface area contributed by atoms with E-state index < -0.39 is 0 Å². The Bertz CT molecular complexity index is 766. The van der Waals surface area contributed by atoms with Gasteiger partial charge in [0.1, 0.15) is 5.75 Å². The minimum atomic E-state index is -0.00331. The number of hydrogen-bond donors (Lipinski definition) is 2. The Morgan fingerprint density at radius 3 is 1.71 bits per heavy atom. The average Bonchev–Trinajstić information content (AvgIpc) is 2.77. The van der Waals surface area contributed by atoms with Gasteiger partial charge in [-0.1, -0.05) is 42.5 Å². The van der Waals surface area contributed by atoms with Gasteiger partial charge in [-0.15, -0.1) is 0 Å². The van der Waals surface area contributed by atoms with Gasteiger partial charge in [-0.25, -0.2) is 0 Å². The molecule has 0 atom stereocenters. The summed E-state index contributed by atoms with van der Waals surface area (Å²) in [5.41, 5.74) is 2.14. The van der Waals surface area contributed by atoms with Crippen molar-refractivity contribution >= 4 is 11.8 Å². The molecule has 5 nitrogen and oxygen atoms in total. The molecule has 2 N–H and O–H groups in total. The molecule has 1 aliphatic rings. The van der Waals surface area contributed by atoms with Gasteiger partial charge in [-0.05, 0) is 48.9 Å². The Kier molecular flexibility index (Phi) is 7.06. The van der Waals surface area contributed by atoms with Crippen molar-refractivity contribution in [2.45, 2.75) is 38.8 Å². The van der Waals surface area contributed by atoms with Crippen LogP contribution in [0.5, 0.6) is 5.75 Å². The lowest BCUT2D eigenvalue weighted by molar-refractivity contribution is -0.130. The molecule has 3 rings (SSSR count). The number of amides is 2. The first-order chi connectivity index (χ1) is 13.7. The van der Waals surface area contributed by atoms with E-state index in [9.17, 15) is 9.59 Å². The third kappa shape index (κ3) is 5.59. The zero-order valence-corrected chi connectivity index (χ0v) is 16.3. The number of ether oxygens (including phenoxy) is 1. The summed E-state index contributed by atoms with van der Waals surface area (Å²) in [4.78, 5) is 24.8. The summed E-state index contributed by atoms with van der Waals surface area (Å²) < 4.78 is 5.14. The molecule has 2 amide bonds. The van der Waals surface area contributed by atoms with Crippen molar-refractivity contribution in [2.75, 3.05) is 7.11 Å². The van der Waals surface area contributed by atoms with Gasteiger partial charge in [-0.2, -0.15) is 0 Å². The van der Waals surface area contributed by atoms with Gasteiger partial charge in [0.25, 0.3) is 0 Å². The molecule has 0 aromatic heterocycles. The average molecular weight is 380 g/mol. The molecule has 0 aliphatic heterocycles. The summed E-state index contributed by atoms with van der Waals surface area (Å²) in [7, 11) is 1.63. The molecule has 2 aromatic rings. The van der Waals surface area contributed by atoms with E-state index in [0.717, 1.165) is 42.6 Å².